The number of isocyanates is 1. The second kappa shape index (κ2) is 106. The smallest absolute Gasteiger partial charge is 0.290 e. The molecule has 0 aromatic carbocycles. The lowest BCUT2D eigenvalue weighted by atomic mass is 11.7. The Labute approximate surface area is 40.0 Å². The average molecular weight is 106 g/mol. The summed E-state index contributed by atoms with van der Waals surface area (Å²) in [4.78, 5) is 16.7. The molecule has 0 aromatic heterocycles. The Balaban J connectivity index is -0.0000000400. The molecule has 0 unspecified atom stereocenters. The maximum atomic E-state index is 8.36. The van der Waals surface area contributed by atoms with Crippen LogP contribution in [-0.4, -0.2) is 17.7 Å². The standard InChI is InChI=1S/CHNO.CH2O2.H3N/c2*2-1-3;/h2H;1H,(H,2,3);1H3. The summed E-state index contributed by atoms with van der Waals surface area (Å²) in [6.07, 6.45) is 0.750. The Bertz CT molecular complexity index is 56.0. The minimum absolute atomic E-state index is 0. The third kappa shape index (κ3) is 26.8. The van der Waals surface area contributed by atoms with E-state index in [1.807, 2.05) is 0 Å². The first-order chi connectivity index (χ1) is 2.83. The van der Waals surface area contributed by atoms with Crippen LogP contribution in [0.15, 0.2) is 0 Å². The van der Waals surface area contributed by atoms with Crippen molar-refractivity contribution < 1.29 is 14.7 Å². The van der Waals surface area contributed by atoms with Gasteiger partial charge in [-0.25, -0.2) is 10.2 Å². The number of nitrogens with one attached hydrogen (secondary N) is 1. The van der Waals surface area contributed by atoms with Gasteiger partial charge in [0.15, 0.2) is 0 Å². The lowest BCUT2D eigenvalue weighted by Gasteiger charge is -1.34. The minimum Gasteiger partial charge on any atom is -0.483 e. The van der Waals surface area contributed by atoms with Gasteiger partial charge in [0.25, 0.3) is 6.47 Å². The van der Waals surface area contributed by atoms with Gasteiger partial charge in [0.05, 0.1) is 0 Å². The molecule has 0 aromatic rings. The third-order valence-electron chi connectivity index (χ3n) is 0. The molecular formula is C2H6N2O3. The molecule has 0 saturated heterocycles. The van der Waals surface area contributed by atoms with Crippen LogP contribution in [-0.2, 0) is 9.59 Å². The fourth-order valence-electron chi connectivity index (χ4n) is 0. The molecule has 0 amide bonds. The van der Waals surface area contributed by atoms with Gasteiger partial charge in [-0.3, -0.25) is 4.79 Å². The van der Waals surface area contributed by atoms with Crippen LogP contribution >= 0.6 is 0 Å². The SMILES string of the molecule is N.N=C=O.O=CO. The monoisotopic (exact) mass is 106 g/mol. The Hall–Kier alpha value is -1.19. The van der Waals surface area contributed by atoms with E-state index in [-0.39, 0.29) is 12.6 Å². The van der Waals surface area contributed by atoms with Gasteiger partial charge in [-0.05, 0) is 0 Å². The number of carbonyl (C=O) groups excluding carboxylic acids is 1. The van der Waals surface area contributed by atoms with Crippen molar-refractivity contribution in [3.8, 4) is 0 Å². The zero-order valence-corrected chi connectivity index (χ0v) is 3.55. The highest BCUT2D eigenvalue weighted by Gasteiger charge is 1.22. The summed E-state index contributed by atoms with van der Waals surface area (Å²) in [6, 6.07) is 0. The van der Waals surface area contributed by atoms with Gasteiger partial charge in [0.2, 0.25) is 6.08 Å². The van der Waals surface area contributed by atoms with Crippen LogP contribution in [0.1, 0.15) is 0 Å². The Kier molecular flexibility index (Phi) is 259. The van der Waals surface area contributed by atoms with E-state index in [2.05, 4.69) is 0 Å². The molecule has 0 fully saturated rings. The third-order valence-corrected chi connectivity index (χ3v) is 0. The van der Waals surface area contributed by atoms with Gasteiger partial charge in [0, 0.05) is 0 Å². The molecule has 0 bridgehead atoms. The van der Waals surface area contributed by atoms with Gasteiger partial charge in [0.1, 0.15) is 0 Å². The summed E-state index contributed by atoms with van der Waals surface area (Å²) in [5.41, 5.74) is 0. The van der Waals surface area contributed by atoms with Crippen LogP contribution in [0.4, 0.5) is 0 Å². The zero-order valence-electron chi connectivity index (χ0n) is 3.55. The molecule has 0 aliphatic heterocycles. The lowest BCUT2D eigenvalue weighted by Crippen LogP contribution is -1.49. The van der Waals surface area contributed by atoms with Crippen molar-refractivity contribution in [2.24, 2.45) is 0 Å². The van der Waals surface area contributed by atoms with Gasteiger partial charge in [-0.2, -0.15) is 0 Å². The molecule has 0 aliphatic carbocycles. The van der Waals surface area contributed by atoms with Crippen molar-refractivity contribution >= 4 is 12.6 Å². The number of carboxylic acid groups (broad SMARTS) is 1. The second-order valence-electron chi connectivity index (χ2n) is 0.207. The Morgan fingerprint density at radius 1 is 1.71 bits per heavy atom. The van der Waals surface area contributed by atoms with Crippen LogP contribution in [0.2, 0.25) is 0 Å². The zero-order chi connectivity index (χ0) is 5.41. The highest BCUT2D eigenvalue weighted by atomic mass is 16.3. The average Bonchev–Trinajstić information content (AvgIpc) is 1.39. The molecule has 0 aliphatic rings. The number of carbonyl (C=O) groups is 1. The molecular weight excluding hydrogens is 100 g/mol. The van der Waals surface area contributed by atoms with Crippen molar-refractivity contribution in [1.82, 2.24) is 6.15 Å². The van der Waals surface area contributed by atoms with Gasteiger partial charge < -0.3 is 11.3 Å². The van der Waals surface area contributed by atoms with Crippen molar-refractivity contribution in [3.63, 3.8) is 0 Å². The highest BCUT2D eigenvalue weighted by Crippen LogP contribution is 0.966. The van der Waals surface area contributed by atoms with Gasteiger partial charge in [-0.15, -0.1) is 0 Å². The maximum Gasteiger partial charge on any atom is 0.290 e. The quantitative estimate of drug-likeness (QED) is 0.224. The van der Waals surface area contributed by atoms with Crippen molar-refractivity contribution in [2.75, 3.05) is 0 Å². The van der Waals surface area contributed by atoms with E-state index in [0.717, 1.165) is 6.08 Å². The molecule has 5 nitrogen and oxygen atoms in total. The molecule has 0 rings (SSSR count). The van der Waals surface area contributed by atoms with E-state index in [1.54, 1.807) is 0 Å². The van der Waals surface area contributed by atoms with Crippen molar-refractivity contribution in [2.45, 2.75) is 0 Å². The minimum atomic E-state index is -0.250. The summed E-state index contributed by atoms with van der Waals surface area (Å²) < 4.78 is 0. The second-order valence-corrected chi connectivity index (χ2v) is 0.207. The summed E-state index contributed by atoms with van der Waals surface area (Å²) in [5.74, 6) is 0. The van der Waals surface area contributed by atoms with Crippen LogP contribution in [0.25, 0.3) is 0 Å². The van der Waals surface area contributed by atoms with E-state index in [9.17, 15) is 0 Å². The topological polar surface area (TPSA) is 113 Å². The molecule has 0 radical (unpaired) electrons. The van der Waals surface area contributed by atoms with Crippen LogP contribution in [0.3, 0.4) is 0 Å². The lowest BCUT2D eigenvalue weighted by molar-refractivity contribution is -0.122. The van der Waals surface area contributed by atoms with E-state index in [4.69, 9.17) is 20.1 Å². The first-order valence-electron chi connectivity index (χ1n) is 0.948. The van der Waals surface area contributed by atoms with E-state index in [0.29, 0.717) is 0 Å². The summed E-state index contributed by atoms with van der Waals surface area (Å²) in [6.45, 7) is -0.250. The summed E-state index contributed by atoms with van der Waals surface area (Å²) >= 11 is 0. The largest absolute Gasteiger partial charge is 0.483 e. The summed E-state index contributed by atoms with van der Waals surface area (Å²) in [5, 5.41) is 12.3. The van der Waals surface area contributed by atoms with E-state index < -0.39 is 0 Å². The number of hydrogen-bond acceptors (Lipinski definition) is 4. The van der Waals surface area contributed by atoms with Gasteiger partial charge in [-0.1, -0.05) is 0 Å². The van der Waals surface area contributed by atoms with Crippen LogP contribution < -0.4 is 6.15 Å². The Morgan fingerprint density at radius 3 is 1.71 bits per heavy atom. The van der Waals surface area contributed by atoms with Crippen molar-refractivity contribution in [3.05, 3.63) is 0 Å². The predicted molar refractivity (Wildman–Crippen MR) is 22.1 cm³/mol. The molecule has 5 heteroatoms. The predicted octanol–water partition coefficient (Wildman–Crippen LogP) is -0.236. The van der Waals surface area contributed by atoms with E-state index >= 15 is 0 Å². The fourth-order valence-corrected chi connectivity index (χ4v) is 0. The number of rotatable bonds is 0. The molecule has 7 heavy (non-hydrogen) atoms. The fraction of sp³-hybridized carbons (Fsp3) is 0. The Morgan fingerprint density at radius 2 is 1.71 bits per heavy atom. The molecule has 0 saturated carbocycles. The maximum absolute atomic E-state index is 8.36. The normalized spacial score (nSPS) is 2.86. The first kappa shape index (κ1) is 17.0. The summed E-state index contributed by atoms with van der Waals surface area (Å²) in [7, 11) is 0. The molecule has 0 heterocycles. The molecule has 0 spiro atoms. The molecule has 0 atom stereocenters. The molecule has 5 N–H and O–H groups in total. The number of hydrogen-bond donors (Lipinski definition) is 3. The first-order valence-corrected chi connectivity index (χ1v) is 0.948. The van der Waals surface area contributed by atoms with Crippen LogP contribution in [0.5, 0.6) is 0 Å². The van der Waals surface area contributed by atoms with Crippen molar-refractivity contribution in [1.29, 1.82) is 5.41 Å². The van der Waals surface area contributed by atoms with Gasteiger partial charge >= 0.3 is 0 Å². The van der Waals surface area contributed by atoms with E-state index in [1.165, 1.54) is 0 Å². The van der Waals surface area contributed by atoms with Crippen LogP contribution in [0, 0.1) is 5.41 Å². The molecule has 42 valence electrons. The highest BCUT2D eigenvalue weighted by molar-refractivity contribution is 5.32.